The number of rotatable bonds is 5. The Morgan fingerprint density at radius 1 is 1.35 bits per heavy atom. The Morgan fingerprint density at radius 2 is 2.20 bits per heavy atom. The van der Waals surface area contributed by atoms with Gasteiger partial charge in [0.05, 0.1) is 13.3 Å². The first-order valence-electron chi connectivity index (χ1n) is 6.10. The maximum absolute atomic E-state index is 11.7. The Labute approximate surface area is 120 Å². The molecule has 0 bridgehead atoms. The van der Waals surface area contributed by atoms with Gasteiger partial charge in [0.2, 0.25) is 0 Å². The Kier molecular flexibility index (Phi) is 4.91. The van der Waals surface area contributed by atoms with Crippen molar-refractivity contribution in [2.75, 3.05) is 13.6 Å². The molecule has 0 spiro atoms. The predicted molar refractivity (Wildman–Crippen MR) is 74.1 cm³/mol. The zero-order valence-corrected chi connectivity index (χ0v) is 11.8. The topological polar surface area (TPSA) is 75.8 Å². The van der Waals surface area contributed by atoms with E-state index in [9.17, 15) is 9.59 Å². The third-order valence-electron chi connectivity index (χ3n) is 2.61. The second-order valence-electron chi connectivity index (χ2n) is 4.42. The van der Waals surface area contributed by atoms with Crippen molar-refractivity contribution in [3.63, 3.8) is 0 Å². The van der Waals surface area contributed by atoms with E-state index >= 15 is 0 Å². The molecule has 0 aliphatic heterocycles. The van der Waals surface area contributed by atoms with Gasteiger partial charge in [0.15, 0.2) is 12.3 Å². The number of hydrazine groups is 1. The predicted octanol–water partition coefficient (Wildman–Crippen LogP) is -0.183. The van der Waals surface area contributed by atoms with Gasteiger partial charge in [-0.15, -0.1) is 0 Å². The number of furan rings is 1. The number of nitrogens with one attached hydrogen (secondary N) is 3. The summed E-state index contributed by atoms with van der Waals surface area (Å²) in [6.45, 7) is 1.04. The number of carbonyl (C=O) groups is 2. The van der Waals surface area contributed by atoms with E-state index in [-0.39, 0.29) is 18.2 Å². The lowest BCUT2D eigenvalue weighted by Gasteiger charge is -2.13. The standard InChI is InChI=1S/C13H15N3O3S/c1-16(7-10-4-6-20-9-10)8-12(17)14-15-13(18)11-3-2-5-19-11/h2-6,9H,7-8H2,1H3,(H,14,17)(H,15,18)/p+1. The number of carbonyl (C=O) groups excluding carboxylic acids is 2. The molecular formula is C13H16N3O3S+. The van der Waals surface area contributed by atoms with Crippen molar-refractivity contribution in [1.29, 1.82) is 0 Å². The normalized spacial score (nSPS) is 11.8. The molecule has 1 unspecified atom stereocenters. The van der Waals surface area contributed by atoms with Gasteiger partial charge < -0.3 is 9.32 Å². The van der Waals surface area contributed by atoms with Gasteiger partial charge >= 0.3 is 5.91 Å². The van der Waals surface area contributed by atoms with Crippen molar-refractivity contribution in [2.24, 2.45) is 0 Å². The average molecular weight is 294 g/mol. The van der Waals surface area contributed by atoms with Crippen LogP contribution in [0.5, 0.6) is 0 Å². The number of amides is 2. The Morgan fingerprint density at radius 3 is 2.85 bits per heavy atom. The maximum Gasteiger partial charge on any atom is 0.305 e. The summed E-state index contributed by atoms with van der Waals surface area (Å²) in [5.74, 6) is -0.569. The quantitative estimate of drug-likeness (QED) is 0.670. The van der Waals surface area contributed by atoms with Gasteiger partial charge in [-0.2, -0.15) is 11.3 Å². The van der Waals surface area contributed by atoms with E-state index < -0.39 is 5.91 Å². The zero-order valence-electron chi connectivity index (χ0n) is 11.0. The average Bonchev–Trinajstić information content (AvgIpc) is 3.08. The number of thiophene rings is 1. The summed E-state index contributed by atoms with van der Waals surface area (Å²) < 4.78 is 4.91. The van der Waals surface area contributed by atoms with E-state index in [0.29, 0.717) is 0 Å². The third kappa shape index (κ3) is 4.22. The molecule has 0 aliphatic carbocycles. The zero-order chi connectivity index (χ0) is 14.4. The fraction of sp³-hybridized carbons (Fsp3) is 0.231. The van der Waals surface area contributed by atoms with Crippen molar-refractivity contribution >= 4 is 23.2 Å². The SMILES string of the molecule is C[NH+](CC(=O)NNC(=O)c1ccco1)Cc1ccsc1. The van der Waals surface area contributed by atoms with Crippen molar-refractivity contribution < 1.29 is 18.9 Å². The third-order valence-corrected chi connectivity index (χ3v) is 3.34. The van der Waals surface area contributed by atoms with Crippen LogP contribution in [0.15, 0.2) is 39.6 Å². The second-order valence-corrected chi connectivity index (χ2v) is 5.20. The van der Waals surface area contributed by atoms with Crippen LogP contribution >= 0.6 is 11.3 Å². The van der Waals surface area contributed by atoms with Crippen molar-refractivity contribution in [3.8, 4) is 0 Å². The Balaban J connectivity index is 1.71. The van der Waals surface area contributed by atoms with Crippen LogP contribution in [-0.2, 0) is 11.3 Å². The summed E-state index contributed by atoms with van der Waals surface area (Å²) in [6.07, 6.45) is 1.40. The minimum Gasteiger partial charge on any atom is -0.459 e. The highest BCUT2D eigenvalue weighted by molar-refractivity contribution is 7.07. The molecule has 0 saturated heterocycles. The molecular weight excluding hydrogens is 278 g/mol. The summed E-state index contributed by atoms with van der Waals surface area (Å²) in [5, 5.41) is 4.06. The maximum atomic E-state index is 11.7. The summed E-state index contributed by atoms with van der Waals surface area (Å²) in [6, 6.07) is 5.16. The molecule has 2 aromatic heterocycles. The summed E-state index contributed by atoms with van der Waals surface area (Å²) in [5.41, 5.74) is 5.86. The molecule has 7 heteroatoms. The van der Waals surface area contributed by atoms with Gasteiger partial charge in [0.1, 0.15) is 6.54 Å². The molecule has 1 atom stereocenters. The number of hydrogen-bond acceptors (Lipinski definition) is 4. The van der Waals surface area contributed by atoms with E-state index in [0.717, 1.165) is 11.4 Å². The molecule has 0 radical (unpaired) electrons. The van der Waals surface area contributed by atoms with Gasteiger partial charge in [-0.1, -0.05) is 0 Å². The number of quaternary nitrogens is 1. The molecule has 3 N–H and O–H groups in total. The van der Waals surface area contributed by atoms with Crippen LogP contribution in [-0.4, -0.2) is 25.4 Å². The van der Waals surface area contributed by atoms with Crippen molar-refractivity contribution in [2.45, 2.75) is 6.54 Å². The number of likely N-dealkylation sites (N-methyl/N-ethyl adjacent to an activating group) is 1. The first kappa shape index (κ1) is 14.3. The lowest BCUT2D eigenvalue weighted by Crippen LogP contribution is -3.09. The second kappa shape index (κ2) is 6.88. The lowest BCUT2D eigenvalue weighted by molar-refractivity contribution is -0.885. The molecule has 2 heterocycles. The largest absolute Gasteiger partial charge is 0.459 e. The van der Waals surface area contributed by atoms with Gasteiger partial charge in [-0.25, -0.2) is 0 Å². The minimum atomic E-state index is -0.473. The fourth-order valence-corrected chi connectivity index (χ4v) is 2.39. The lowest BCUT2D eigenvalue weighted by atomic mass is 10.3. The van der Waals surface area contributed by atoms with Crippen molar-refractivity contribution in [1.82, 2.24) is 10.9 Å². The van der Waals surface area contributed by atoms with E-state index in [1.165, 1.54) is 17.9 Å². The molecule has 2 amide bonds. The Hall–Kier alpha value is -2.12. The molecule has 0 saturated carbocycles. The monoisotopic (exact) mass is 294 g/mol. The van der Waals surface area contributed by atoms with E-state index in [4.69, 9.17) is 4.42 Å². The van der Waals surface area contributed by atoms with Gasteiger partial charge in [0, 0.05) is 5.56 Å². The van der Waals surface area contributed by atoms with E-state index in [1.807, 2.05) is 18.5 Å². The van der Waals surface area contributed by atoms with Crippen LogP contribution in [0.4, 0.5) is 0 Å². The molecule has 0 fully saturated rings. The van der Waals surface area contributed by atoms with Crippen LogP contribution in [0.25, 0.3) is 0 Å². The first-order valence-corrected chi connectivity index (χ1v) is 7.04. The van der Waals surface area contributed by atoms with Gasteiger partial charge in [-0.3, -0.25) is 20.4 Å². The van der Waals surface area contributed by atoms with Crippen LogP contribution in [0, 0.1) is 0 Å². The van der Waals surface area contributed by atoms with E-state index in [1.54, 1.807) is 17.4 Å². The molecule has 6 nitrogen and oxygen atoms in total. The fourth-order valence-electron chi connectivity index (χ4n) is 1.72. The molecule has 2 aromatic rings. The summed E-state index contributed by atoms with van der Waals surface area (Å²) in [7, 11) is 1.92. The van der Waals surface area contributed by atoms with Crippen LogP contribution in [0.2, 0.25) is 0 Å². The Bertz CT molecular complexity index is 551. The summed E-state index contributed by atoms with van der Waals surface area (Å²) in [4.78, 5) is 24.2. The highest BCUT2D eigenvalue weighted by Gasteiger charge is 2.13. The van der Waals surface area contributed by atoms with Gasteiger partial charge in [-0.05, 0) is 29.0 Å². The molecule has 20 heavy (non-hydrogen) atoms. The molecule has 0 aliphatic rings. The molecule has 106 valence electrons. The van der Waals surface area contributed by atoms with Crippen LogP contribution < -0.4 is 15.8 Å². The van der Waals surface area contributed by atoms with Crippen LogP contribution in [0.3, 0.4) is 0 Å². The van der Waals surface area contributed by atoms with Crippen molar-refractivity contribution in [3.05, 3.63) is 46.5 Å². The van der Waals surface area contributed by atoms with Gasteiger partial charge in [0.25, 0.3) is 5.91 Å². The minimum absolute atomic E-state index is 0.157. The molecule has 2 rings (SSSR count). The smallest absolute Gasteiger partial charge is 0.305 e. The summed E-state index contributed by atoms with van der Waals surface area (Å²) >= 11 is 1.63. The van der Waals surface area contributed by atoms with Crippen LogP contribution in [0.1, 0.15) is 16.1 Å². The van der Waals surface area contributed by atoms with E-state index in [2.05, 4.69) is 16.2 Å². The molecule has 0 aromatic carbocycles. The highest BCUT2D eigenvalue weighted by atomic mass is 32.1. The first-order chi connectivity index (χ1) is 9.65. The number of hydrogen-bond donors (Lipinski definition) is 3. The highest BCUT2D eigenvalue weighted by Crippen LogP contribution is 2.03.